The van der Waals surface area contributed by atoms with Crippen LogP contribution in [0.15, 0.2) is 11.6 Å². The van der Waals surface area contributed by atoms with E-state index >= 15 is 0 Å². The zero-order valence-electron chi connectivity index (χ0n) is 9.01. The molecule has 0 atom stereocenters. The molecule has 0 saturated heterocycles. The highest BCUT2D eigenvalue weighted by molar-refractivity contribution is 5.88. The molecule has 0 aromatic rings. The second-order valence-corrected chi connectivity index (χ2v) is 3.71. The summed E-state index contributed by atoms with van der Waals surface area (Å²) in [4.78, 5) is 11.1. The topological polar surface area (TPSA) is 35.5 Å². The zero-order chi connectivity index (χ0) is 10.5. The molecule has 0 amide bonds. The minimum absolute atomic E-state index is 0.234. The van der Waals surface area contributed by atoms with Crippen LogP contribution < -0.4 is 0 Å². The van der Waals surface area contributed by atoms with Gasteiger partial charge in [-0.05, 0) is 27.7 Å². The van der Waals surface area contributed by atoms with E-state index in [0.717, 1.165) is 0 Å². The summed E-state index contributed by atoms with van der Waals surface area (Å²) >= 11 is 0. The molecule has 0 saturated carbocycles. The van der Waals surface area contributed by atoms with E-state index in [2.05, 4.69) is 4.74 Å². The van der Waals surface area contributed by atoms with Crippen LogP contribution in [0.5, 0.6) is 0 Å². The maximum absolute atomic E-state index is 11.1. The van der Waals surface area contributed by atoms with Crippen LogP contribution in [-0.4, -0.2) is 25.3 Å². The molecule has 0 aromatic carbocycles. The number of carbonyl (C=O) groups excluding carboxylic acids is 1. The van der Waals surface area contributed by atoms with Crippen LogP contribution in [0.4, 0.5) is 0 Å². The molecule has 0 aliphatic rings. The number of ether oxygens (including phenoxy) is 2. The molecule has 0 aliphatic heterocycles. The van der Waals surface area contributed by atoms with Crippen molar-refractivity contribution in [3.8, 4) is 0 Å². The maximum atomic E-state index is 11.1. The minimum atomic E-state index is -0.327. The lowest BCUT2D eigenvalue weighted by Crippen LogP contribution is -2.22. The van der Waals surface area contributed by atoms with Crippen LogP contribution in [0.2, 0.25) is 0 Å². The molecule has 3 nitrogen and oxygen atoms in total. The van der Waals surface area contributed by atoms with Gasteiger partial charge in [0, 0.05) is 0 Å². The first-order valence-electron chi connectivity index (χ1n) is 4.28. The third-order valence-corrected chi connectivity index (χ3v) is 1.46. The molecule has 0 fully saturated rings. The second-order valence-electron chi connectivity index (χ2n) is 3.71. The normalized spacial score (nSPS) is 12.8. The van der Waals surface area contributed by atoms with Crippen molar-refractivity contribution in [2.75, 3.05) is 13.7 Å². The second kappa shape index (κ2) is 5.02. The lowest BCUT2D eigenvalue weighted by molar-refractivity contribution is -0.137. The van der Waals surface area contributed by atoms with E-state index in [-0.39, 0.29) is 11.6 Å². The number of allylic oxidation sites excluding steroid dienone is 1. The third kappa shape index (κ3) is 5.42. The van der Waals surface area contributed by atoms with Crippen LogP contribution in [-0.2, 0) is 14.3 Å². The van der Waals surface area contributed by atoms with E-state index in [1.165, 1.54) is 7.11 Å². The molecule has 0 spiro atoms. The summed E-state index contributed by atoms with van der Waals surface area (Å²) in [6, 6.07) is 0. The van der Waals surface area contributed by atoms with Gasteiger partial charge in [0.25, 0.3) is 0 Å². The molecule has 0 radical (unpaired) electrons. The average molecular weight is 186 g/mol. The Morgan fingerprint density at radius 3 is 2.23 bits per heavy atom. The average Bonchev–Trinajstić information content (AvgIpc) is 2.03. The summed E-state index contributed by atoms with van der Waals surface area (Å²) in [5.41, 5.74) is 0.319. The fraction of sp³-hybridized carbons (Fsp3) is 0.700. The Morgan fingerprint density at radius 1 is 1.38 bits per heavy atom. The van der Waals surface area contributed by atoms with Crippen LogP contribution in [0.25, 0.3) is 0 Å². The van der Waals surface area contributed by atoms with Gasteiger partial charge in [-0.2, -0.15) is 0 Å². The van der Waals surface area contributed by atoms with Crippen LogP contribution in [0, 0.1) is 0 Å². The Hall–Kier alpha value is -0.830. The first-order valence-corrected chi connectivity index (χ1v) is 4.28. The smallest absolute Gasteiger partial charge is 0.335 e. The SMILES string of the molecule is C/C=C(\COC(C)(C)C)C(=O)OC. The minimum Gasteiger partial charge on any atom is -0.466 e. The molecule has 0 rings (SSSR count). The molecular weight excluding hydrogens is 168 g/mol. The summed E-state index contributed by atoms with van der Waals surface area (Å²) in [5.74, 6) is -0.327. The van der Waals surface area contributed by atoms with Crippen molar-refractivity contribution in [2.24, 2.45) is 0 Å². The van der Waals surface area contributed by atoms with Gasteiger partial charge in [0.2, 0.25) is 0 Å². The van der Waals surface area contributed by atoms with Crippen molar-refractivity contribution in [1.29, 1.82) is 0 Å². The number of hydrogen-bond donors (Lipinski definition) is 0. The Labute approximate surface area is 79.7 Å². The van der Waals surface area contributed by atoms with Gasteiger partial charge in [-0.1, -0.05) is 6.08 Å². The molecule has 3 heteroatoms. The van der Waals surface area contributed by atoms with E-state index < -0.39 is 0 Å². The van der Waals surface area contributed by atoms with Gasteiger partial charge in [-0.15, -0.1) is 0 Å². The van der Waals surface area contributed by atoms with Crippen molar-refractivity contribution in [2.45, 2.75) is 33.3 Å². The molecule has 0 heterocycles. The fourth-order valence-electron chi connectivity index (χ4n) is 0.685. The van der Waals surface area contributed by atoms with E-state index in [9.17, 15) is 4.79 Å². The van der Waals surface area contributed by atoms with Crippen molar-refractivity contribution in [1.82, 2.24) is 0 Å². The first kappa shape index (κ1) is 12.2. The van der Waals surface area contributed by atoms with Gasteiger partial charge in [0.05, 0.1) is 24.9 Å². The standard InChI is InChI=1S/C10H18O3/c1-6-8(9(11)12-5)7-13-10(2,3)4/h6H,7H2,1-5H3/b8-6+. The Bertz CT molecular complexity index is 199. The van der Waals surface area contributed by atoms with Gasteiger partial charge in [-0.25, -0.2) is 4.79 Å². The molecule has 13 heavy (non-hydrogen) atoms. The van der Waals surface area contributed by atoms with Crippen LogP contribution in [0.1, 0.15) is 27.7 Å². The van der Waals surface area contributed by atoms with E-state index in [1.54, 1.807) is 13.0 Å². The summed E-state index contributed by atoms with van der Waals surface area (Å²) in [6.07, 6.45) is 1.71. The highest BCUT2D eigenvalue weighted by Crippen LogP contribution is 2.09. The molecule has 0 aliphatic carbocycles. The molecule has 0 N–H and O–H groups in total. The third-order valence-electron chi connectivity index (χ3n) is 1.46. The highest BCUT2D eigenvalue weighted by atomic mass is 16.5. The van der Waals surface area contributed by atoms with Gasteiger partial charge in [0.1, 0.15) is 0 Å². The molecular formula is C10H18O3. The summed E-state index contributed by atoms with van der Waals surface area (Å²) < 4.78 is 10.0. The lowest BCUT2D eigenvalue weighted by Gasteiger charge is -2.19. The monoisotopic (exact) mass is 186 g/mol. The lowest BCUT2D eigenvalue weighted by atomic mass is 10.2. The van der Waals surface area contributed by atoms with Crippen molar-refractivity contribution < 1.29 is 14.3 Å². The molecule has 76 valence electrons. The largest absolute Gasteiger partial charge is 0.466 e. The Balaban J connectivity index is 4.10. The quantitative estimate of drug-likeness (QED) is 0.499. The van der Waals surface area contributed by atoms with E-state index in [4.69, 9.17) is 4.74 Å². The van der Waals surface area contributed by atoms with Gasteiger partial charge < -0.3 is 9.47 Å². The summed E-state index contributed by atoms with van der Waals surface area (Å²) in [7, 11) is 1.36. The molecule has 0 aromatic heterocycles. The summed E-state index contributed by atoms with van der Waals surface area (Å²) in [6.45, 7) is 7.91. The predicted molar refractivity (Wildman–Crippen MR) is 51.5 cm³/mol. The van der Waals surface area contributed by atoms with Crippen molar-refractivity contribution in [3.63, 3.8) is 0 Å². The van der Waals surface area contributed by atoms with Crippen molar-refractivity contribution >= 4 is 5.97 Å². The molecule has 0 bridgehead atoms. The number of carbonyl (C=O) groups is 1. The van der Waals surface area contributed by atoms with Gasteiger partial charge in [0.15, 0.2) is 0 Å². The number of hydrogen-bond acceptors (Lipinski definition) is 3. The van der Waals surface area contributed by atoms with Gasteiger partial charge in [-0.3, -0.25) is 0 Å². The van der Waals surface area contributed by atoms with Gasteiger partial charge >= 0.3 is 5.97 Å². The Morgan fingerprint density at radius 2 is 1.92 bits per heavy atom. The highest BCUT2D eigenvalue weighted by Gasteiger charge is 2.14. The predicted octanol–water partition coefficient (Wildman–Crippen LogP) is 1.92. The number of rotatable bonds is 3. The van der Waals surface area contributed by atoms with Crippen molar-refractivity contribution in [3.05, 3.63) is 11.6 Å². The van der Waals surface area contributed by atoms with E-state index in [0.29, 0.717) is 12.2 Å². The first-order chi connectivity index (χ1) is 5.90. The van der Waals surface area contributed by atoms with Crippen LogP contribution in [0.3, 0.4) is 0 Å². The number of esters is 1. The molecule has 0 unspecified atom stereocenters. The van der Waals surface area contributed by atoms with E-state index in [1.807, 2.05) is 20.8 Å². The van der Waals surface area contributed by atoms with Crippen LogP contribution >= 0.6 is 0 Å². The fourth-order valence-corrected chi connectivity index (χ4v) is 0.685. The number of methoxy groups -OCH3 is 1. The Kier molecular flexibility index (Phi) is 4.70. The maximum Gasteiger partial charge on any atom is 0.335 e. The summed E-state index contributed by atoms with van der Waals surface area (Å²) in [5, 5.41) is 0. The zero-order valence-corrected chi connectivity index (χ0v) is 9.01.